The molecule has 2 rings (SSSR count). The maximum Gasteiger partial charge on any atom is 0.345 e. The first kappa shape index (κ1) is 18.5. The molecule has 2 aromatic rings. The number of halogens is 4. The molecule has 0 aliphatic heterocycles. The van der Waals surface area contributed by atoms with Gasteiger partial charge in [0.2, 0.25) is 5.82 Å². The van der Waals surface area contributed by atoms with Crippen LogP contribution in [0, 0.1) is 34.5 Å². The molecule has 10 heteroatoms. The van der Waals surface area contributed by atoms with Crippen molar-refractivity contribution in [3.8, 4) is 11.5 Å². The Hall–Kier alpha value is -2.81. The minimum Gasteiger partial charge on any atom is -0.465 e. The van der Waals surface area contributed by atoms with E-state index < -0.39 is 55.9 Å². The van der Waals surface area contributed by atoms with Gasteiger partial charge in [0.05, 0.1) is 12.0 Å². The summed E-state index contributed by atoms with van der Waals surface area (Å²) in [7, 11) is 1.00. The molecule has 6 nitrogen and oxygen atoms in total. The smallest absolute Gasteiger partial charge is 0.345 e. The van der Waals surface area contributed by atoms with Crippen LogP contribution in [0.5, 0.6) is 11.5 Å². The Morgan fingerprint density at radius 2 is 1.84 bits per heavy atom. The zero-order valence-electron chi connectivity index (χ0n) is 12.7. The first-order valence-corrected chi connectivity index (χ1v) is 6.94. The minimum absolute atomic E-state index is 0.311. The Kier molecular flexibility index (Phi) is 5.17. The molecule has 0 unspecified atom stereocenters. The van der Waals surface area contributed by atoms with Crippen molar-refractivity contribution in [2.45, 2.75) is 6.92 Å². The van der Waals surface area contributed by atoms with Gasteiger partial charge in [-0.15, -0.1) is 0 Å². The number of nitro benzene ring substituents is 1. The highest BCUT2D eigenvalue weighted by Crippen LogP contribution is 2.38. The second-order valence-corrected chi connectivity index (χ2v) is 5.12. The van der Waals surface area contributed by atoms with Crippen molar-refractivity contribution < 1.29 is 32.4 Å². The largest absolute Gasteiger partial charge is 0.465 e. The van der Waals surface area contributed by atoms with Crippen molar-refractivity contribution in [2.75, 3.05) is 7.11 Å². The monoisotopic (exact) mass is 375 g/mol. The lowest BCUT2D eigenvalue weighted by Crippen LogP contribution is -2.06. The van der Waals surface area contributed by atoms with Crippen molar-refractivity contribution in [2.24, 2.45) is 0 Å². The van der Waals surface area contributed by atoms with Gasteiger partial charge in [-0.1, -0.05) is 11.6 Å². The summed E-state index contributed by atoms with van der Waals surface area (Å²) in [5, 5.41) is 10.1. The van der Waals surface area contributed by atoms with Gasteiger partial charge in [-0.05, 0) is 13.0 Å². The summed E-state index contributed by atoms with van der Waals surface area (Å²) >= 11 is 5.63. The molecule has 2 aromatic carbocycles. The summed E-state index contributed by atoms with van der Waals surface area (Å²) in [5.74, 6) is -6.56. The Balaban J connectivity index is 2.56. The lowest BCUT2D eigenvalue weighted by atomic mass is 10.1. The van der Waals surface area contributed by atoms with Gasteiger partial charge >= 0.3 is 5.97 Å². The Morgan fingerprint density at radius 1 is 1.20 bits per heavy atom. The van der Waals surface area contributed by atoms with Gasteiger partial charge in [-0.3, -0.25) is 10.1 Å². The number of carbonyl (C=O) groups is 1. The van der Waals surface area contributed by atoms with Crippen molar-refractivity contribution in [1.29, 1.82) is 0 Å². The predicted octanol–water partition coefficient (Wildman–Crippen LogP) is 4.55. The van der Waals surface area contributed by atoms with Crippen molar-refractivity contribution >= 4 is 23.3 Å². The average molecular weight is 376 g/mol. The summed E-state index contributed by atoms with van der Waals surface area (Å²) in [4.78, 5) is 21.7. The summed E-state index contributed by atoms with van der Waals surface area (Å²) in [6.07, 6.45) is 0. The molecule has 0 aromatic heterocycles. The van der Waals surface area contributed by atoms with E-state index in [-0.39, 0.29) is 5.75 Å². The second kappa shape index (κ2) is 6.98. The quantitative estimate of drug-likeness (QED) is 0.339. The second-order valence-electron chi connectivity index (χ2n) is 4.74. The SMILES string of the molecule is COC(=O)c1cc(Oc2c(F)c(F)c(C)c(F)c2Cl)ccc1[N+](=O)[O-]. The van der Waals surface area contributed by atoms with Gasteiger partial charge in [0.25, 0.3) is 5.69 Å². The van der Waals surface area contributed by atoms with Crippen molar-refractivity contribution in [3.05, 3.63) is 61.9 Å². The molecular weight excluding hydrogens is 367 g/mol. The molecule has 0 atom stereocenters. The van der Waals surface area contributed by atoms with Gasteiger partial charge in [-0.2, -0.15) is 4.39 Å². The van der Waals surface area contributed by atoms with Crippen molar-refractivity contribution in [1.82, 2.24) is 0 Å². The van der Waals surface area contributed by atoms with E-state index in [1.807, 2.05) is 0 Å². The third-order valence-corrected chi connectivity index (χ3v) is 3.57. The van der Waals surface area contributed by atoms with Gasteiger partial charge in [0, 0.05) is 17.7 Å². The Morgan fingerprint density at radius 3 is 2.40 bits per heavy atom. The maximum atomic E-state index is 14.0. The summed E-state index contributed by atoms with van der Waals surface area (Å²) in [5.41, 5.74) is -1.71. The Labute approximate surface area is 143 Å². The number of hydrogen-bond donors (Lipinski definition) is 0. The molecule has 25 heavy (non-hydrogen) atoms. The first-order chi connectivity index (χ1) is 11.7. The topological polar surface area (TPSA) is 78.7 Å². The van der Waals surface area contributed by atoms with Crippen LogP contribution in [0.3, 0.4) is 0 Å². The number of nitro groups is 1. The fourth-order valence-corrected chi connectivity index (χ4v) is 2.20. The number of methoxy groups -OCH3 is 1. The number of esters is 1. The number of carbonyl (C=O) groups excluding carboxylic acids is 1. The highest BCUT2D eigenvalue weighted by Gasteiger charge is 2.26. The molecule has 0 fully saturated rings. The van der Waals surface area contributed by atoms with E-state index in [1.54, 1.807) is 0 Å². The number of ether oxygens (including phenoxy) is 2. The fourth-order valence-electron chi connectivity index (χ4n) is 1.94. The first-order valence-electron chi connectivity index (χ1n) is 6.56. The molecule has 0 N–H and O–H groups in total. The van der Waals surface area contributed by atoms with E-state index in [9.17, 15) is 28.1 Å². The maximum absolute atomic E-state index is 14.0. The van der Waals surface area contributed by atoms with Crippen LogP contribution in [0.2, 0.25) is 5.02 Å². The molecule has 0 aliphatic carbocycles. The zero-order chi connectivity index (χ0) is 18.9. The van der Waals surface area contributed by atoms with E-state index >= 15 is 0 Å². The zero-order valence-corrected chi connectivity index (χ0v) is 13.5. The van der Waals surface area contributed by atoms with E-state index in [2.05, 4.69) is 4.74 Å². The lowest BCUT2D eigenvalue weighted by molar-refractivity contribution is -0.385. The molecule has 0 amide bonds. The minimum atomic E-state index is -1.54. The highest BCUT2D eigenvalue weighted by molar-refractivity contribution is 6.32. The van der Waals surface area contributed by atoms with Crippen LogP contribution in [-0.4, -0.2) is 18.0 Å². The number of rotatable bonds is 4. The fraction of sp³-hybridized carbons (Fsp3) is 0.133. The van der Waals surface area contributed by atoms with Crippen LogP contribution in [0.1, 0.15) is 15.9 Å². The molecular formula is C15H9ClF3NO5. The van der Waals surface area contributed by atoms with Crippen molar-refractivity contribution in [3.63, 3.8) is 0 Å². The lowest BCUT2D eigenvalue weighted by Gasteiger charge is -2.12. The standard InChI is InChI=1S/C15H9ClF3NO5/c1-6-11(17)10(16)14(13(19)12(6)18)25-7-3-4-9(20(22)23)8(5-7)15(21)24-2/h3-5H,1-2H3. The van der Waals surface area contributed by atoms with Crippen LogP contribution in [0.25, 0.3) is 0 Å². The molecule has 0 saturated carbocycles. The van der Waals surface area contributed by atoms with Gasteiger partial charge in [-0.25, -0.2) is 13.6 Å². The molecule has 0 bridgehead atoms. The summed E-state index contributed by atoms with van der Waals surface area (Å²) < 4.78 is 50.8. The van der Waals surface area contributed by atoms with Crippen LogP contribution in [0.15, 0.2) is 18.2 Å². The highest BCUT2D eigenvalue weighted by atomic mass is 35.5. The molecule has 0 aliphatic rings. The molecule has 132 valence electrons. The number of benzene rings is 2. The van der Waals surface area contributed by atoms with Gasteiger partial charge in [0.1, 0.15) is 16.3 Å². The number of nitrogens with zero attached hydrogens (tertiary/aromatic N) is 1. The predicted molar refractivity (Wildman–Crippen MR) is 80.6 cm³/mol. The molecule has 0 spiro atoms. The summed E-state index contributed by atoms with van der Waals surface area (Å²) in [6, 6.07) is 2.78. The van der Waals surface area contributed by atoms with Gasteiger partial charge in [0.15, 0.2) is 17.4 Å². The van der Waals surface area contributed by atoms with E-state index in [0.717, 1.165) is 32.2 Å². The van der Waals surface area contributed by atoms with E-state index in [1.165, 1.54) is 0 Å². The van der Waals surface area contributed by atoms with Crippen LogP contribution in [-0.2, 0) is 4.74 Å². The molecule has 0 heterocycles. The van der Waals surface area contributed by atoms with Gasteiger partial charge < -0.3 is 9.47 Å². The Bertz CT molecular complexity index is 859. The van der Waals surface area contributed by atoms with E-state index in [0.29, 0.717) is 0 Å². The average Bonchev–Trinajstić information content (AvgIpc) is 2.60. The normalized spacial score (nSPS) is 10.5. The summed E-state index contributed by atoms with van der Waals surface area (Å²) in [6.45, 7) is 0.991. The molecule has 0 radical (unpaired) electrons. The number of hydrogen-bond acceptors (Lipinski definition) is 5. The van der Waals surface area contributed by atoms with Crippen LogP contribution >= 0.6 is 11.6 Å². The van der Waals surface area contributed by atoms with Crippen LogP contribution in [0.4, 0.5) is 18.9 Å². The van der Waals surface area contributed by atoms with Crippen LogP contribution < -0.4 is 4.74 Å². The third kappa shape index (κ3) is 3.36. The van der Waals surface area contributed by atoms with E-state index in [4.69, 9.17) is 16.3 Å². The third-order valence-electron chi connectivity index (χ3n) is 3.23. The molecule has 0 saturated heterocycles.